The van der Waals surface area contributed by atoms with Crippen LogP contribution in [0.1, 0.15) is 65.7 Å². The van der Waals surface area contributed by atoms with Gasteiger partial charge in [0.15, 0.2) is 0 Å². The molecule has 2 saturated carbocycles. The molecule has 114 valence electrons. The SMILES string of the molecule is CC(C)(C)OC(=O)N1CCCCC1C1(C2(N)CC2)CC1. The Morgan fingerprint density at radius 3 is 2.35 bits per heavy atom. The van der Waals surface area contributed by atoms with Crippen LogP contribution in [-0.2, 0) is 4.74 Å². The van der Waals surface area contributed by atoms with Gasteiger partial charge < -0.3 is 15.4 Å². The van der Waals surface area contributed by atoms with Crippen LogP contribution in [0, 0.1) is 5.41 Å². The van der Waals surface area contributed by atoms with E-state index in [2.05, 4.69) is 0 Å². The number of ether oxygens (including phenoxy) is 1. The highest BCUT2D eigenvalue weighted by atomic mass is 16.6. The molecule has 0 aromatic carbocycles. The summed E-state index contributed by atoms with van der Waals surface area (Å²) in [5.41, 5.74) is 6.32. The van der Waals surface area contributed by atoms with Crippen molar-refractivity contribution in [3.63, 3.8) is 0 Å². The average molecular weight is 280 g/mol. The van der Waals surface area contributed by atoms with Gasteiger partial charge in [0.2, 0.25) is 0 Å². The zero-order valence-corrected chi connectivity index (χ0v) is 13.1. The van der Waals surface area contributed by atoms with E-state index in [1.165, 1.54) is 19.3 Å². The fourth-order valence-electron chi connectivity index (χ4n) is 3.98. The van der Waals surface area contributed by atoms with Gasteiger partial charge in [0.25, 0.3) is 0 Å². The second kappa shape index (κ2) is 4.36. The lowest BCUT2D eigenvalue weighted by Gasteiger charge is -2.43. The summed E-state index contributed by atoms with van der Waals surface area (Å²) in [5, 5.41) is 0. The van der Waals surface area contributed by atoms with Gasteiger partial charge in [0.05, 0.1) is 0 Å². The predicted octanol–water partition coefficient (Wildman–Crippen LogP) is 3.05. The van der Waals surface area contributed by atoms with Gasteiger partial charge in [-0.05, 0) is 65.7 Å². The summed E-state index contributed by atoms with van der Waals surface area (Å²) in [6, 6.07) is 0.304. The van der Waals surface area contributed by atoms with E-state index >= 15 is 0 Å². The monoisotopic (exact) mass is 280 g/mol. The van der Waals surface area contributed by atoms with Crippen LogP contribution in [0.5, 0.6) is 0 Å². The lowest BCUT2D eigenvalue weighted by Crippen LogP contribution is -2.55. The summed E-state index contributed by atoms with van der Waals surface area (Å²) in [6.45, 7) is 6.63. The summed E-state index contributed by atoms with van der Waals surface area (Å²) in [7, 11) is 0. The number of amides is 1. The Labute approximate surface area is 122 Å². The van der Waals surface area contributed by atoms with Gasteiger partial charge in [-0.2, -0.15) is 0 Å². The molecule has 1 atom stereocenters. The minimum atomic E-state index is -0.421. The van der Waals surface area contributed by atoms with Gasteiger partial charge >= 0.3 is 6.09 Å². The van der Waals surface area contributed by atoms with Crippen molar-refractivity contribution in [1.82, 2.24) is 4.90 Å². The largest absolute Gasteiger partial charge is 0.444 e. The first-order valence-electron chi connectivity index (χ1n) is 8.06. The molecule has 4 heteroatoms. The van der Waals surface area contributed by atoms with E-state index < -0.39 is 5.60 Å². The molecular weight excluding hydrogens is 252 g/mol. The Bertz CT molecular complexity index is 405. The molecule has 3 rings (SSSR count). The second-order valence-corrected chi connectivity index (χ2v) is 8.00. The molecule has 1 amide bonds. The highest BCUT2D eigenvalue weighted by Gasteiger charge is 2.68. The molecule has 20 heavy (non-hydrogen) atoms. The molecule has 0 radical (unpaired) electrons. The summed E-state index contributed by atoms with van der Waals surface area (Å²) >= 11 is 0. The van der Waals surface area contributed by atoms with E-state index in [4.69, 9.17) is 10.5 Å². The van der Waals surface area contributed by atoms with Crippen molar-refractivity contribution in [2.45, 2.75) is 82.9 Å². The number of nitrogens with two attached hydrogens (primary N) is 1. The third-order valence-electron chi connectivity index (χ3n) is 5.34. The van der Waals surface area contributed by atoms with E-state index in [9.17, 15) is 4.79 Å². The summed E-state index contributed by atoms with van der Waals surface area (Å²) in [6.07, 6.45) is 7.89. The maximum Gasteiger partial charge on any atom is 0.410 e. The molecule has 0 aromatic heterocycles. The Morgan fingerprint density at radius 2 is 1.85 bits per heavy atom. The predicted molar refractivity (Wildman–Crippen MR) is 78.4 cm³/mol. The van der Waals surface area contributed by atoms with Crippen LogP contribution in [0.3, 0.4) is 0 Å². The number of piperidine rings is 1. The number of carbonyl (C=O) groups excluding carboxylic acids is 1. The summed E-state index contributed by atoms with van der Waals surface area (Å²) < 4.78 is 5.61. The smallest absolute Gasteiger partial charge is 0.410 e. The minimum Gasteiger partial charge on any atom is -0.444 e. The molecule has 4 nitrogen and oxygen atoms in total. The van der Waals surface area contributed by atoms with Crippen molar-refractivity contribution in [1.29, 1.82) is 0 Å². The van der Waals surface area contributed by atoms with Gasteiger partial charge in [-0.3, -0.25) is 0 Å². The highest BCUT2D eigenvalue weighted by molar-refractivity contribution is 5.69. The molecule has 3 aliphatic rings. The van der Waals surface area contributed by atoms with Crippen molar-refractivity contribution in [2.75, 3.05) is 6.54 Å². The third kappa shape index (κ3) is 2.32. The maximum absolute atomic E-state index is 12.5. The van der Waals surface area contributed by atoms with Gasteiger partial charge in [-0.15, -0.1) is 0 Å². The van der Waals surface area contributed by atoms with Gasteiger partial charge in [0, 0.05) is 23.5 Å². The van der Waals surface area contributed by atoms with E-state index in [0.29, 0.717) is 6.04 Å². The molecule has 0 spiro atoms. The summed E-state index contributed by atoms with van der Waals surface area (Å²) in [5.74, 6) is 0. The molecule has 0 aromatic rings. The first-order chi connectivity index (χ1) is 9.28. The number of hydrogen-bond donors (Lipinski definition) is 1. The molecule has 1 unspecified atom stereocenters. The molecule has 3 fully saturated rings. The normalized spacial score (nSPS) is 30.8. The average Bonchev–Trinajstić information content (AvgIpc) is 3.22. The number of carbonyl (C=O) groups is 1. The number of rotatable bonds is 2. The Balaban J connectivity index is 1.76. The molecule has 1 aliphatic heterocycles. The van der Waals surface area contributed by atoms with Crippen LogP contribution >= 0.6 is 0 Å². The molecule has 1 saturated heterocycles. The van der Waals surface area contributed by atoms with Crippen LogP contribution in [0.4, 0.5) is 4.79 Å². The topological polar surface area (TPSA) is 55.6 Å². The van der Waals surface area contributed by atoms with Crippen molar-refractivity contribution < 1.29 is 9.53 Å². The van der Waals surface area contributed by atoms with E-state index in [1.54, 1.807) is 0 Å². The van der Waals surface area contributed by atoms with Crippen molar-refractivity contribution >= 4 is 6.09 Å². The van der Waals surface area contributed by atoms with Gasteiger partial charge in [-0.1, -0.05) is 0 Å². The van der Waals surface area contributed by atoms with E-state index in [1.807, 2.05) is 25.7 Å². The molecule has 0 bridgehead atoms. The van der Waals surface area contributed by atoms with Crippen molar-refractivity contribution in [2.24, 2.45) is 11.1 Å². The molecular formula is C16H28N2O2. The third-order valence-corrected chi connectivity index (χ3v) is 5.34. The first kappa shape index (κ1) is 14.2. The van der Waals surface area contributed by atoms with Crippen molar-refractivity contribution in [3.8, 4) is 0 Å². The maximum atomic E-state index is 12.5. The highest BCUT2D eigenvalue weighted by Crippen LogP contribution is 2.66. The van der Waals surface area contributed by atoms with Crippen LogP contribution < -0.4 is 5.73 Å². The van der Waals surface area contributed by atoms with Crippen LogP contribution in [0.15, 0.2) is 0 Å². The van der Waals surface area contributed by atoms with E-state index in [-0.39, 0.29) is 17.0 Å². The fourth-order valence-corrected chi connectivity index (χ4v) is 3.98. The van der Waals surface area contributed by atoms with E-state index in [0.717, 1.165) is 32.2 Å². The summed E-state index contributed by atoms with van der Waals surface area (Å²) in [4.78, 5) is 14.5. The van der Waals surface area contributed by atoms with Crippen LogP contribution in [0.2, 0.25) is 0 Å². The number of nitrogens with zero attached hydrogens (tertiary/aromatic N) is 1. The second-order valence-electron chi connectivity index (χ2n) is 8.00. The zero-order chi connectivity index (χ0) is 14.6. The van der Waals surface area contributed by atoms with Crippen LogP contribution in [-0.4, -0.2) is 34.7 Å². The van der Waals surface area contributed by atoms with Gasteiger partial charge in [0.1, 0.15) is 5.60 Å². The van der Waals surface area contributed by atoms with Gasteiger partial charge in [-0.25, -0.2) is 4.79 Å². The lowest BCUT2D eigenvalue weighted by molar-refractivity contribution is -0.00518. The fraction of sp³-hybridized carbons (Fsp3) is 0.938. The standard InChI is InChI=1S/C16H28N2O2/c1-14(2,3)20-13(19)18-11-5-4-6-12(18)15(7-8-15)16(17)9-10-16/h12H,4-11,17H2,1-3H3. The molecule has 1 heterocycles. The lowest BCUT2D eigenvalue weighted by atomic mass is 9.80. The van der Waals surface area contributed by atoms with Crippen molar-refractivity contribution in [3.05, 3.63) is 0 Å². The number of hydrogen-bond acceptors (Lipinski definition) is 3. The Kier molecular flexibility index (Phi) is 3.09. The molecule has 2 N–H and O–H groups in total. The minimum absolute atomic E-state index is 0.00920. The Morgan fingerprint density at radius 1 is 1.20 bits per heavy atom. The molecule has 2 aliphatic carbocycles. The van der Waals surface area contributed by atoms with Crippen LogP contribution in [0.25, 0.3) is 0 Å². The quantitative estimate of drug-likeness (QED) is 0.846. The number of likely N-dealkylation sites (tertiary alicyclic amines) is 1. The zero-order valence-electron chi connectivity index (χ0n) is 13.1. The first-order valence-corrected chi connectivity index (χ1v) is 8.06. The Hall–Kier alpha value is -0.770.